The van der Waals surface area contributed by atoms with Crippen molar-refractivity contribution in [1.82, 2.24) is 9.80 Å². The highest BCUT2D eigenvalue weighted by Crippen LogP contribution is 2.26. The summed E-state index contributed by atoms with van der Waals surface area (Å²) < 4.78 is 0. The van der Waals surface area contributed by atoms with Gasteiger partial charge in [0.1, 0.15) is 6.04 Å². The molecule has 23 heavy (non-hydrogen) atoms. The van der Waals surface area contributed by atoms with Crippen LogP contribution < -0.4 is 0 Å². The Morgan fingerprint density at radius 2 is 1.83 bits per heavy atom. The SMILES string of the molecule is CCCN1CCN(C(C(=O)O)c2ccc(C(C)C)cc2)CC1C. The average molecular weight is 318 g/mol. The number of hydrogen-bond acceptors (Lipinski definition) is 3. The van der Waals surface area contributed by atoms with Crippen LogP contribution in [-0.4, -0.2) is 53.1 Å². The number of hydrogen-bond donors (Lipinski definition) is 1. The van der Waals surface area contributed by atoms with Gasteiger partial charge in [-0.15, -0.1) is 0 Å². The monoisotopic (exact) mass is 318 g/mol. The van der Waals surface area contributed by atoms with Crippen molar-refractivity contribution in [2.45, 2.75) is 52.1 Å². The third kappa shape index (κ3) is 4.33. The van der Waals surface area contributed by atoms with Crippen LogP contribution in [0.1, 0.15) is 57.2 Å². The van der Waals surface area contributed by atoms with Gasteiger partial charge in [0.15, 0.2) is 0 Å². The number of rotatable bonds is 6. The van der Waals surface area contributed by atoms with Gasteiger partial charge in [0.25, 0.3) is 0 Å². The second-order valence-electron chi connectivity index (χ2n) is 6.94. The van der Waals surface area contributed by atoms with Gasteiger partial charge in [-0.25, -0.2) is 0 Å². The van der Waals surface area contributed by atoms with Crippen LogP contribution in [0, 0.1) is 0 Å². The van der Waals surface area contributed by atoms with E-state index in [1.165, 1.54) is 5.56 Å². The Morgan fingerprint density at radius 3 is 2.30 bits per heavy atom. The zero-order valence-electron chi connectivity index (χ0n) is 14.8. The minimum absolute atomic E-state index is 0.403. The van der Waals surface area contributed by atoms with E-state index in [0.29, 0.717) is 12.0 Å². The molecule has 0 radical (unpaired) electrons. The molecule has 1 aromatic carbocycles. The van der Waals surface area contributed by atoms with Crippen molar-refractivity contribution in [2.24, 2.45) is 0 Å². The minimum Gasteiger partial charge on any atom is -0.480 e. The predicted molar refractivity (Wildman–Crippen MR) is 93.8 cm³/mol. The van der Waals surface area contributed by atoms with Gasteiger partial charge < -0.3 is 5.11 Å². The molecule has 4 heteroatoms. The highest BCUT2D eigenvalue weighted by molar-refractivity contribution is 5.75. The van der Waals surface area contributed by atoms with E-state index in [2.05, 4.69) is 49.6 Å². The van der Waals surface area contributed by atoms with E-state index in [4.69, 9.17) is 0 Å². The normalized spacial score (nSPS) is 21.5. The maximum Gasteiger partial charge on any atom is 0.325 e. The van der Waals surface area contributed by atoms with Crippen LogP contribution in [0.25, 0.3) is 0 Å². The minimum atomic E-state index is -0.751. The first-order valence-corrected chi connectivity index (χ1v) is 8.74. The van der Waals surface area contributed by atoms with Crippen molar-refractivity contribution < 1.29 is 9.90 Å². The summed E-state index contributed by atoms with van der Waals surface area (Å²) in [5, 5.41) is 9.76. The second kappa shape index (κ2) is 7.93. The molecular formula is C19H30N2O2. The molecule has 1 saturated heterocycles. The van der Waals surface area contributed by atoms with Crippen molar-refractivity contribution in [3.63, 3.8) is 0 Å². The Labute approximate surface area is 140 Å². The molecule has 1 fully saturated rings. The third-order valence-corrected chi connectivity index (χ3v) is 4.83. The molecule has 0 aromatic heterocycles. The Morgan fingerprint density at radius 1 is 1.22 bits per heavy atom. The highest BCUT2D eigenvalue weighted by atomic mass is 16.4. The van der Waals surface area contributed by atoms with Crippen LogP contribution in [0.5, 0.6) is 0 Å². The zero-order valence-corrected chi connectivity index (χ0v) is 14.8. The lowest BCUT2D eigenvalue weighted by Gasteiger charge is -2.42. The summed E-state index contributed by atoms with van der Waals surface area (Å²) in [4.78, 5) is 16.4. The van der Waals surface area contributed by atoms with Gasteiger partial charge in [-0.2, -0.15) is 0 Å². The van der Waals surface area contributed by atoms with Crippen molar-refractivity contribution in [1.29, 1.82) is 0 Å². The first-order chi connectivity index (χ1) is 10.9. The Hall–Kier alpha value is -1.39. The number of benzene rings is 1. The van der Waals surface area contributed by atoms with Crippen LogP contribution in [0.2, 0.25) is 0 Å². The molecular weight excluding hydrogens is 288 g/mol. The van der Waals surface area contributed by atoms with Crippen LogP contribution in [-0.2, 0) is 4.79 Å². The van der Waals surface area contributed by atoms with E-state index >= 15 is 0 Å². The number of nitrogens with zero attached hydrogens (tertiary/aromatic N) is 2. The number of piperazine rings is 1. The van der Waals surface area contributed by atoms with E-state index in [1.54, 1.807) is 0 Å². The molecule has 1 N–H and O–H groups in total. The Bertz CT molecular complexity index is 513. The first kappa shape index (κ1) is 18.0. The molecule has 1 aliphatic heterocycles. The van der Waals surface area contributed by atoms with E-state index in [1.807, 2.05) is 12.1 Å². The van der Waals surface area contributed by atoms with E-state index in [9.17, 15) is 9.90 Å². The van der Waals surface area contributed by atoms with E-state index in [-0.39, 0.29) is 0 Å². The van der Waals surface area contributed by atoms with Crippen LogP contribution in [0.15, 0.2) is 24.3 Å². The number of carboxylic acid groups (broad SMARTS) is 1. The summed E-state index contributed by atoms with van der Waals surface area (Å²) in [6.07, 6.45) is 1.14. The first-order valence-electron chi connectivity index (χ1n) is 8.74. The van der Waals surface area contributed by atoms with Gasteiger partial charge in [0.05, 0.1) is 0 Å². The van der Waals surface area contributed by atoms with Gasteiger partial charge in [-0.1, -0.05) is 45.0 Å². The van der Waals surface area contributed by atoms with Gasteiger partial charge in [-0.05, 0) is 36.9 Å². The fourth-order valence-corrected chi connectivity index (χ4v) is 3.45. The predicted octanol–water partition coefficient (Wildman–Crippen LogP) is 3.35. The smallest absolute Gasteiger partial charge is 0.325 e. The second-order valence-corrected chi connectivity index (χ2v) is 6.94. The highest BCUT2D eigenvalue weighted by Gasteiger charge is 2.32. The summed E-state index contributed by atoms with van der Waals surface area (Å²) in [5.74, 6) is -0.289. The lowest BCUT2D eigenvalue weighted by Crippen LogP contribution is -2.53. The van der Waals surface area contributed by atoms with Crippen LogP contribution >= 0.6 is 0 Å². The molecule has 0 bridgehead atoms. The van der Waals surface area contributed by atoms with Gasteiger partial charge in [0, 0.05) is 25.7 Å². The maximum absolute atomic E-state index is 11.9. The van der Waals surface area contributed by atoms with Gasteiger partial charge >= 0.3 is 5.97 Å². The van der Waals surface area contributed by atoms with E-state index < -0.39 is 12.0 Å². The summed E-state index contributed by atoms with van der Waals surface area (Å²) in [6, 6.07) is 7.95. The molecule has 1 heterocycles. The van der Waals surface area contributed by atoms with Crippen molar-refractivity contribution >= 4 is 5.97 Å². The lowest BCUT2D eigenvalue weighted by molar-refractivity contribution is -0.144. The summed E-state index contributed by atoms with van der Waals surface area (Å²) in [6.45, 7) is 12.4. The Kier molecular flexibility index (Phi) is 6.19. The fourth-order valence-electron chi connectivity index (χ4n) is 3.45. The fraction of sp³-hybridized carbons (Fsp3) is 0.632. The summed E-state index contributed by atoms with van der Waals surface area (Å²) >= 11 is 0. The molecule has 1 aliphatic rings. The van der Waals surface area contributed by atoms with Crippen molar-refractivity contribution in [2.75, 3.05) is 26.2 Å². The van der Waals surface area contributed by atoms with Gasteiger partial charge in [-0.3, -0.25) is 14.6 Å². The average Bonchev–Trinajstić information content (AvgIpc) is 2.50. The zero-order chi connectivity index (χ0) is 17.0. The van der Waals surface area contributed by atoms with E-state index in [0.717, 1.165) is 38.2 Å². The molecule has 1 aromatic rings. The molecule has 0 aliphatic carbocycles. The molecule has 2 unspecified atom stereocenters. The Balaban J connectivity index is 2.14. The van der Waals surface area contributed by atoms with Crippen LogP contribution in [0.4, 0.5) is 0 Å². The quantitative estimate of drug-likeness (QED) is 0.873. The molecule has 2 rings (SSSR count). The molecule has 2 atom stereocenters. The third-order valence-electron chi connectivity index (χ3n) is 4.83. The number of aliphatic carboxylic acids is 1. The molecule has 0 spiro atoms. The van der Waals surface area contributed by atoms with Crippen LogP contribution in [0.3, 0.4) is 0 Å². The number of carbonyl (C=O) groups is 1. The van der Waals surface area contributed by atoms with Gasteiger partial charge in [0.2, 0.25) is 0 Å². The summed E-state index contributed by atoms with van der Waals surface area (Å²) in [5.41, 5.74) is 2.14. The lowest BCUT2D eigenvalue weighted by atomic mass is 9.97. The molecule has 0 amide bonds. The topological polar surface area (TPSA) is 43.8 Å². The number of carboxylic acids is 1. The van der Waals surface area contributed by atoms with Crippen molar-refractivity contribution in [3.05, 3.63) is 35.4 Å². The standard InChI is InChI=1S/C19H30N2O2/c1-5-10-20-11-12-21(13-15(20)4)18(19(22)23)17-8-6-16(7-9-17)14(2)3/h6-9,14-15,18H,5,10-13H2,1-4H3,(H,22,23). The maximum atomic E-state index is 11.9. The largest absolute Gasteiger partial charge is 0.480 e. The molecule has 0 saturated carbocycles. The molecule has 128 valence electrons. The summed E-state index contributed by atoms with van der Waals surface area (Å²) in [7, 11) is 0. The molecule has 4 nitrogen and oxygen atoms in total. The van der Waals surface area contributed by atoms with Crippen molar-refractivity contribution in [3.8, 4) is 0 Å².